The largest absolute Gasteiger partial charge is 0.340 e. The summed E-state index contributed by atoms with van der Waals surface area (Å²) in [4.78, 5) is 25.3. The van der Waals surface area contributed by atoms with Crippen molar-refractivity contribution in [2.45, 2.75) is 33.7 Å². The van der Waals surface area contributed by atoms with E-state index in [0.717, 1.165) is 16.8 Å². The Kier molecular flexibility index (Phi) is 6.37. The van der Waals surface area contributed by atoms with Crippen LogP contribution in [0.5, 0.6) is 0 Å². The normalized spacial score (nSPS) is 11.9. The van der Waals surface area contributed by atoms with Crippen molar-refractivity contribution >= 4 is 33.4 Å². The van der Waals surface area contributed by atoms with Crippen molar-refractivity contribution in [1.82, 2.24) is 5.32 Å². The molecule has 2 N–H and O–H groups in total. The Morgan fingerprint density at radius 2 is 1.72 bits per heavy atom. The lowest BCUT2D eigenvalue weighted by molar-refractivity contribution is -0.118. The first-order chi connectivity index (χ1) is 11.8. The van der Waals surface area contributed by atoms with Gasteiger partial charge < -0.3 is 10.6 Å². The van der Waals surface area contributed by atoms with E-state index in [9.17, 15) is 9.59 Å². The third-order valence-corrected chi connectivity index (χ3v) is 4.70. The first-order valence-electron chi connectivity index (χ1n) is 8.23. The fraction of sp³-hybridized carbons (Fsp3) is 0.300. The van der Waals surface area contributed by atoms with Crippen molar-refractivity contribution < 1.29 is 9.59 Å². The average Bonchev–Trinajstić information content (AvgIpc) is 2.55. The fourth-order valence-electron chi connectivity index (χ4n) is 2.48. The summed E-state index contributed by atoms with van der Waals surface area (Å²) >= 11 is 3.37. The van der Waals surface area contributed by atoms with Gasteiger partial charge in [0.1, 0.15) is 6.04 Å². The monoisotopic (exact) mass is 402 g/mol. The molecule has 2 aromatic rings. The van der Waals surface area contributed by atoms with Gasteiger partial charge in [0, 0.05) is 10.2 Å². The van der Waals surface area contributed by atoms with E-state index in [1.54, 1.807) is 18.2 Å². The number of aryl methyl sites for hydroxylation is 2. The number of amides is 2. The van der Waals surface area contributed by atoms with Crippen LogP contribution in [-0.2, 0) is 4.79 Å². The van der Waals surface area contributed by atoms with E-state index in [4.69, 9.17) is 0 Å². The van der Waals surface area contributed by atoms with Gasteiger partial charge in [0.05, 0.1) is 5.56 Å². The summed E-state index contributed by atoms with van der Waals surface area (Å²) in [6.07, 6.45) is 0. The minimum Gasteiger partial charge on any atom is -0.340 e. The zero-order chi connectivity index (χ0) is 18.6. The molecule has 25 heavy (non-hydrogen) atoms. The first kappa shape index (κ1) is 19.2. The number of anilines is 1. The van der Waals surface area contributed by atoms with Crippen molar-refractivity contribution in [2.24, 2.45) is 5.92 Å². The van der Waals surface area contributed by atoms with Crippen molar-refractivity contribution in [2.75, 3.05) is 5.32 Å². The summed E-state index contributed by atoms with van der Waals surface area (Å²) in [7, 11) is 0. The minimum absolute atomic E-state index is 0.0449. The lowest BCUT2D eigenvalue weighted by atomic mass is 10.0. The van der Waals surface area contributed by atoms with Gasteiger partial charge in [-0.25, -0.2) is 0 Å². The summed E-state index contributed by atoms with van der Waals surface area (Å²) < 4.78 is 0.699. The van der Waals surface area contributed by atoms with Crippen LogP contribution < -0.4 is 10.6 Å². The summed E-state index contributed by atoms with van der Waals surface area (Å²) in [5.41, 5.74) is 3.33. The van der Waals surface area contributed by atoms with Gasteiger partial charge in [-0.1, -0.05) is 38.1 Å². The number of halogens is 1. The number of carbonyl (C=O) groups excluding carboxylic acids is 2. The quantitative estimate of drug-likeness (QED) is 0.775. The van der Waals surface area contributed by atoms with Crippen LogP contribution in [0.25, 0.3) is 0 Å². The van der Waals surface area contributed by atoms with Gasteiger partial charge in [-0.05, 0) is 65.0 Å². The Bertz CT molecular complexity index is 787. The standard InChI is InChI=1S/C20H23BrN2O2/c1-12(2)18(23-19(24)15-7-5-6-8-16(15)21)20(25)22-17-11-13(3)9-10-14(17)4/h5-12,18H,1-4H3,(H,22,25)(H,23,24)/t18-/m0/s1. The number of nitrogens with one attached hydrogen (secondary N) is 2. The molecule has 132 valence electrons. The molecule has 0 saturated carbocycles. The smallest absolute Gasteiger partial charge is 0.253 e. The van der Waals surface area contributed by atoms with Crippen LogP contribution in [0, 0.1) is 19.8 Å². The lowest BCUT2D eigenvalue weighted by Gasteiger charge is -2.22. The van der Waals surface area contributed by atoms with Gasteiger partial charge in [0.2, 0.25) is 5.91 Å². The van der Waals surface area contributed by atoms with Crippen LogP contribution >= 0.6 is 15.9 Å². The number of carbonyl (C=O) groups is 2. The van der Waals surface area contributed by atoms with E-state index in [-0.39, 0.29) is 17.7 Å². The highest BCUT2D eigenvalue weighted by Crippen LogP contribution is 2.19. The second kappa shape index (κ2) is 8.30. The Hall–Kier alpha value is -2.14. The average molecular weight is 403 g/mol. The molecule has 2 rings (SSSR count). The lowest BCUT2D eigenvalue weighted by Crippen LogP contribution is -2.47. The Labute approximate surface area is 157 Å². The van der Waals surface area contributed by atoms with E-state index >= 15 is 0 Å². The molecular formula is C20H23BrN2O2. The second-order valence-corrected chi connectivity index (χ2v) is 7.34. The molecule has 1 atom stereocenters. The van der Waals surface area contributed by atoms with E-state index in [1.165, 1.54) is 0 Å². The maximum Gasteiger partial charge on any atom is 0.253 e. The number of hydrogen-bond acceptors (Lipinski definition) is 2. The molecule has 2 aromatic carbocycles. The Morgan fingerprint density at radius 1 is 1.04 bits per heavy atom. The molecule has 4 nitrogen and oxygen atoms in total. The van der Waals surface area contributed by atoms with Crippen LogP contribution in [0.4, 0.5) is 5.69 Å². The van der Waals surface area contributed by atoms with Gasteiger partial charge in [-0.2, -0.15) is 0 Å². The van der Waals surface area contributed by atoms with Gasteiger partial charge in [-0.15, -0.1) is 0 Å². The molecule has 0 fully saturated rings. The van der Waals surface area contributed by atoms with Crippen molar-refractivity contribution in [3.63, 3.8) is 0 Å². The highest BCUT2D eigenvalue weighted by molar-refractivity contribution is 9.10. The van der Waals surface area contributed by atoms with Crippen LogP contribution in [0.15, 0.2) is 46.9 Å². The highest BCUT2D eigenvalue weighted by Gasteiger charge is 2.25. The number of benzene rings is 2. The molecular weight excluding hydrogens is 380 g/mol. The highest BCUT2D eigenvalue weighted by atomic mass is 79.9. The molecule has 0 unspecified atom stereocenters. The van der Waals surface area contributed by atoms with Gasteiger partial charge in [0.15, 0.2) is 0 Å². The van der Waals surface area contributed by atoms with Crippen LogP contribution in [0.3, 0.4) is 0 Å². The molecule has 0 bridgehead atoms. The van der Waals surface area contributed by atoms with Gasteiger partial charge in [0.25, 0.3) is 5.91 Å². The van der Waals surface area contributed by atoms with E-state index in [2.05, 4.69) is 26.6 Å². The zero-order valence-corrected chi connectivity index (χ0v) is 16.5. The topological polar surface area (TPSA) is 58.2 Å². The van der Waals surface area contributed by atoms with Crippen molar-refractivity contribution in [3.8, 4) is 0 Å². The molecule has 0 aliphatic heterocycles. The van der Waals surface area contributed by atoms with Crippen LogP contribution in [0.2, 0.25) is 0 Å². The zero-order valence-electron chi connectivity index (χ0n) is 14.9. The molecule has 5 heteroatoms. The number of hydrogen-bond donors (Lipinski definition) is 2. The first-order valence-corrected chi connectivity index (χ1v) is 9.02. The summed E-state index contributed by atoms with van der Waals surface area (Å²) in [5, 5.41) is 5.79. The third-order valence-electron chi connectivity index (χ3n) is 4.01. The maximum atomic E-state index is 12.7. The summed E-state index contributed by atoms with van der Waals surface area (Å²) in [5.74, 6) is -0.539. The molecule has 0 radical (unpaired) electrons. The van der Waals surface area contributed by atoms with Gasteiger partial charge >= 0.3 is 0 Å². The van der Waals surface area contributed by atoms with Crippen LogP contribution in [0.1, 0.15) is 35.3 Å². The Balaban J connectivity index is 2.17. The van der Waals surface area contributed by atoms with Crippen molar-refractivity contribution in [1.29, 1.82) is 0 Å². The maximum absolute atomic E-state index is 12.7. The molecule has 0 aliphatic rings. The molecule has 0 aliphatic carbocycles. The SMILES string of the molecule is Cc1ccc(C)c(NC(=O)[C@@H](NC(=O)c2ccccc2Br)C(C)C)c1. The molecule has 0 aromatic heterocycles. The third kappa shape index (κ3) is 4.92. The van der Waals surface area contributed by atoms with E-state index in [0.29, 0.717) is 10.0 Å². The fourth-order valence-corrected chi connectivity index (χ4v) is 2.95. The van der Waals surface area contributed by atoms with Gasteiger partial charge in [-0.3, -0.25) is 9.59 Å². The predicted octanol–water partition coefficient (Wildman–Crippen LogP) is 4.46. The Morgan fingerprint density at radius 3 is 2.36 bits per heavy atom. The molecule has 0 spiro atoms. The van der Waals surface area contributed by atoms with E-state index in [1.807, 2.05) is 52.0 Å². The van der Waals surface area contributed by atoms with Crippen LogP contribution in [-0.4, -0.2) is 17.9 Å². The minimum atomic E-state index is -0.625. The molecule has 2 amide bonds. The van der Waals surface area contributed by atoms with E-state index < -0.39 is 6.04 Å². The van der Waals surface area contributed by atoms with Crippen molar-refractivity contribution in [3.05, 3.63) is 63.6 Å². The summed E-state index contributed by atoms with van der Waals surface area (Å²) in [6, 6.07) is 12.4. The molecule has 0 saturated heterocycles. The predicted molar refractivity (Wildman–Crippen MR) is 105 cm³/mol. The second-order valence-electron chi connectivity index (χ2n) is 6.48. The summed E-state index contributed by atoms with van der Waals surface area (Å²) in [6.45, 7) is 7.74. The number of rotatable bonds is 5. The molecule has 0 heterocycles.